The normalized spacial score (nSPS) is 13.7. The quantitative estimate of drug-likeness (QED) is 0.383. The van der Waals surface area contributed by atoms with Gasteiger partial charge in [-0.1, -0.05) is 47.7 Å². The lowest BCUT2D eigenvalue weighted by Gasteiger charge is -2.14. The third-order valence-electron chi connectivity index (χ3n) is 3.41. The lowest BCUT2D eigenvalue weighted by atomic mass is 10.2. The molecule has 1 fully saturated rings. The predicted octanol–water partition coefficient (Wildman–Crippen LogP) is 1.90. The zero-order valence-corrected chi connectivity index (χ0v) is 16.2. The van der Waals surface area contributed by atoms with E-state index < -0.39 is 5.91 Å². The Morgan fingerprint density at radius 3 is 2.65 bits per heavy atom. The van der Waals surface area contributed by atoms with Gasteiger partial charge in [-0.25, -0.2) is 0 Å². The first kappa shape index (κ1) is 20.5. The zero-order valence-electron chi connectivity index (χ0n) is 13.8. The van der Waals surface area contributed by atoms with Crippen molar-refractivity contribution in [3.05, 3.63) is 29.3 Å². The second-order valence-electron chi connectivity index (χ2n) is 5.37. The van der Waals surface area contributed by atoms with Gasteiger partial charge in [-0.15, -0.1) is 0 Å². The summed E-state index contributed by atoms with van der Waals surface area (Å²) in [5, 5.41) is 0.402. The number of thiocarbonyl (C=S) groups is 1. The maximum absolute atomic E-state index is 11.7. The molecule has 0 saturated carbocycles. The summed E-state index contributed by atoms with van der Waals surface area (Å²) in [6, 6.07) is 6.78. The van der Waals surface area contributed by atoms with E-state index in [0.717, 1.165) is 0 Å². The van der Waals surface area contributed by atoms with E-state index >= 15 is 0 Å². The Morgan fingerprint density at radius 1 is 1.23 bits per heavy atom. The molecule has 1 aliphatic rings. The highest BCUT2D eigenvalue weighted by molar-refractivity contribution is 8.23. The number of halogens is 1. The van der Waals surface area contributed by atoms with Gasteiger partial charge in [-0.2, -0.15) is 0 Å². The van der Waals surface area contributed by atoms with E-state index in [-0.39, 0.29) is 24.8 Å². The molecule has 0 spiro atoms. The van der Waals surface area contributed by atoms with Gasteiger partial charge in [-0.3, -0.25) is 30.1 Å². The van der Waals surface area contributed by atoms with Crippen molar-refractivity contribution in [1.82, 2.24) is 15.8 Å². The van der Waals surface area contributed by atoms with E-state index in [4.69, 9.17) is 28.6 Å². The standard InChI is InChI=1S/C16H18ClN3O4S2/c17-11-5-1-2-6-12(11)24-9-14(22)19-18-13(21)7-3-4-8-20-15(23)10-26-16(20)25/h1-2,5-6H,3-4,7-10H2,(H,18,21)(H,19,22). The van der Waals surface area contributed by atoms with Gasteiger partial charge in [0.05, 0.1) is 10.8 Å². The number of hydrogen-bond acceptors (Lipinski definition) is 6. The molecule has 1 saturated heterocycles. The van der Waals surface area contributed by atoms with Gasteiger partial charge < -0.3 is 4.74 Å². The molecule has 1 aromatic rings. The summed E-state index contributed by atoms with van der Waals surface area (Å²) in [4.78, 5) is 36.5. The van der Waals surface area contributed by atoms with Gasteiger partial charge in [0, 0.05) is 13.0 Å². The van der Waals surface area contributed by atoms with Crippen molar-refractivity contribution in [3.63, 3.8) is 0 Å². The van der Waals surface area contributed by atoms with Crippen molar-refractivity contribution < 1.29 is 19.1 Å². The monoisotopic (exact) mass is 415 g/mol. The van der Waals surface area contributed by atoms with Gasteiger partial charge >= 0.3 is 0 Å². The van der Waals surface area contributed by atoms with Crippen LogP contribution in [-0.2, 0) is 14.4 Å². The molecule has 1 heterocycles. The summed E-state index contributed by atoms with van der Waals surface area (Å²) in [7, 11) is 0. The Balaban J connectivity index is 1.56. The molecule has 0 aromatic heterocycles. The topological polar surface area (TPSA) is 87.7 Å². The summed E-state index contributed by atoms with van der Waals surface area (Å²) in [5.74, 6) is -0.0238. The Labute approximate surface area is 165 Å². The minimum Gasteiger partial charge on any atom is -0.482 e. The number of hydrazine groups is 1. The third kappa shape index (κ3) is 6.47. The number of unbranched alkanes of at least 4 members (excludes halogenated alkanes) is 1. The average Bonchev–Trinajstić information content (AvgIpc) is 2.94. The maximum Gasteiger partial charge on any atom is 0.276 e. The lowest BCUT2D eigenvalue weighted by Crippen LogP contribution is -2.43. The minimum absolute atomic E-state index is 0.00948. The molecule has 3 amide bonds. The van der Waals surface area contributed by atoms with Gasteiger partial charge in [0.2, 0.25) is 11.8 Å². The van der Waals surface area contributed by atoms with Crippen LogP contribution in [0.2, 0.25) is 5.02 Å². The molecule has 0 atom stereocenters. The molecule has 1 aliphatic heterocycles. The average molecular weight is 416 g/mol. The Bertz CT molecular complexity index is 686. The highest BCUT2D eigenvalue weighted by atomic mass is 35.5. The first-order valence-corrected chi connectivity index (χ1v) is 9.66. The van der Waals surface area contributed by atoms with Crippen LogP contribution in [0.25, 0.3) is 0 Å². The van der Waals surface area contributed by atoms with Crippen LogP contribution < -0.4 is 15.6 Å². The SMILES string of the molecule is O=C(CCCCN1C(=O)CSC1=S)NNC(=O)COc1ccccc1Cl. The number of nitrogens with zero attached hydrogens (tertiary/aromatic N) is 1. The summed E-state index contributed by atoms with van der Waals surface area (Å²) in [6.45, 7) is 0.242. The molecule has 2 N–H and O–H groups in total. The summed E-state index contributed by atoms with van der Waals surface area (Å²) >= 11 is 12.3. The van der Waals surface area contributed by atoms with Crippen LogP contribution in [0, 0.1) is 0 Å². The van der Waals surface area contributed by atoms with Crippen LogP contribution in [-0.4, -0.2) is 45.8 Å². The third-order valence-corrected chi connectivity index (χ3v) is 5.16. The molecule has 10 heteroatoms. The maximum atomic E-state index is 11.7. The van der Waals surface area contributed by atoms with Crippen molar-refractivity contribution in [3.8, 4) is 5.75 Å². The highest BCUT2D eigenvalue weighted by Gasteiger charge is 2.25. The molecule has 0 unspecified atom stereocenters. The van der Waals surface area contributed by atoms with Gasteiger partial charge in [0.25, 0.3) is 5.91 Å². The number of carbonyl (C=O) groups is 3. The van der Waals surface area contributed by atoms with Crippen LogP contribution >= 0.6 is 35.6 Å². The lowest BCUT2D eigenvalue weighted by molar-refractivity contribution is -0.130. The smallest absolute Gasteiger partial charge is 0.276 e. The van der Waals surface area contributed by atoms with E-state index in [9.17, 15) is 14.4 Å². The summed E-state index contributed by atoms with van der Waals surface area (Å²) < 4.78 is 5.85. The number of rotatable bonds is 8. The van der Waals surface area contributed by atoms with Crippen molar-refractivity contribution >= 4 is 57.6 Å². The molecule has 2 rings (SSSR count). The van der Waals surface area contributed by atoms with Crippen LogP contribution in [0.5, 0.6) is 5.75 Å². The van der Waals surface area contributed by atoms with Crippen molar-refractivity contribution in [2.24, 2.45) is 0 Å². The van der Waals surface area contributed by atoms with Gasteiger partial charge in [-0.05, 0) is 25.0 Å². The van der Waals surface area contributed by atoms with Gasteiger partial charge in [0.1, 0.15) is 10.1 Å². The molecule has 1 aromatic carbocycles. The molecule has 140 valence electrons. The van der Waals surface area contributed by atoms with Crippen molar-refractivity contribution in [1.29, 1.82) is 0 Å². The molecule has 26 heavy (non-hydrogen) atoms. The van der Waals surface area contributed by atoms with E-state index in [1.165, 1.54) is 11.8 Å². The van der Waals surface area contributed by atoms with Gasteiger partial charge in [0.15, 0.2) is 6.61 Å². The molecule has 0 bridgehead atoms. The number of carbonyl (C=O) groups excluding carboxylic acids is 3. The molecular formula is C16H18ClN3O4S2. The van der Waals surface area contributed by atoms with Crippen molar-refractivity contribution in [2.75, 3.05) is 18.9 Å². The largest absolute Gasteiger partial charge is 0.482 e. The molecular weight excluding hydrogens is 398 g/mol. The number of benzene rings is 1. The van der Waals surface area contributed by atoms with Crippen LogP contribution in [0.4, 0.5) is 0 Å². The van der Waals surface area contributed by atoms with Crippen LogP contribution in [0.1, 0.15) is 19.3 Å². The summed E-state index contributed by atoms with van der Waals surface area (Å²) in [6.07, 6.45) is 1.46. The second kappa shape index (κ2) is 10.3. The summed E-state index contributed by atoms with van der Waals surface area (Å²) in [5.41, 5.74) is 4.59. The number of ether oxygens (including phenoxy) is 1. The van der Waals surface area contributed by atoms with E-state index in [1.54, 1.807) is 29.2 Å². The predicted molar refractivity (Wildman–Crippen MR) is 104 cm³/mol. The zero-order chi connectivity index (χ0) is 18.9. The second-order valence-corrected chi connectivity index (χ2v) is 7.39. The molecule has 0 aliphatic carbocycles. The molecule has 7 nitrogen and oxygen atoms in total. The fourth-order valence-corrected chi connectivity index (χ4v) is 3.41. The fourth-order valence-electron chi connectivity index (χ4n) is 2.10. The van der Waals surface area contributed by atoms with Crippen molar-refractivity contribution in [2.45, 2.75) is 19.3 Å². The van der Waals surface area contributed by atoms with E-state index in [2.05, 4.69) is 10.9 Å². The van der Waals surface area contributed by atoms with Crippen LogP contribution in [0.15, 0.2) is 24.3 Å². The first-order chi connectivity index (χ1) is 12.5. The number of amides is 3. The molecule has 0 radical (unpaired) electrons. The highest BCUT2D eigenvalue weighted by Crippen LogP contribution is 2.22. The van der Waals surface area contributed by atoms with Crippen LogP contribution in [0.3, 0.4) is 0 Å². The number of nitrogens with one attached hydrogen (secondary N) is 2. The number of hydrogen-bond donors (Lipinski definition) is 2. The number of thioether (sulfide) groups is 1. The number of para-hydroxylation sites is 1. The Kier molecular flexibility index (Phi) is 8.14. The van der Waals surface area contributed by atoms with E-state index in [1.807, 2.05) is 0 Å². The Morgan fingerprint density at radius 2 is 1.96 bits per heavy atom. The fraction of sp³-hybridized carbons (Fsp3) is 0.375. The van der Waals surface area contributed by atoms with E-state index in [0.29, 0.717) is 40.2 Å². The Hall–Kier alpha value is -1.84. The minimum atomic E-state index is -0.497. The first-order valence-electron chi connectivity index (χ1n) is 7.89.